The molecule has 0 bridgehead atoms. The number of thiophene rings is 1. The van der Waals surface area contributed by atoms with Gasteiger partial charge >= 0.3 is 0 Å². The van der Waals surface area contributed by atoms with Gasteiger partial charge in [-0.15, -0.1) is 11.3 Å². The molecule has 0 amide bonds. The minimum atomic E-state index is -0.291. The van der Waals surface area contributed by atoms with Gasteiger partial charge in [0.05, 0.1) is 40.9 Å². The molecular weight excluding hydrogens is 670 g/mol. The van der Waals surface area contributed by atoms with Crippen molar-refractivity contribution in [1.82, 2.24) is 20.2 Å². The lowest BCUT2D eigenvalue weighted by Crippen LogP contribution is -2.58. The third kappa shape index (κ3) is 10.3. The summed E-state index contributed by atoms with van der Waals surface area (Å²) in [6.07, 6.45) is 19.3. The van der Waals surface area contributed by atoms with Gasteiger partial charge in [-0.2, -0.15) is 0 Å². The Kier molecular flexibility index (Phi) is 13.1. The lowest BCUT2D eigenvalue weighted by atomic mass is 9.87. The van der Waals surface area contributed by atoms with E-state index in [-0.39, 0.29) is 12.5 Å². The van der Waals surface area contributed by atoms with Gasteiger partial charge in [-0.1, -0.05) is 93.5 Å². The highest BCUT2D eigenvalue weighted by Crippen LogP contribution is 2.35. The van der Waals surface area contributed by atoms with Gasteiger partial charge in [-0.3, -0.25) is 20.2 Å². The van der Waals surface area contributed by atoms with Crippen LogP contribution in [0.4, 0.5) is 10.1 Å². The van der Waals surface area contributed by atoms with Crippen molar-refractivity contribution in [2.45, 2.75) is 63.8 Å². The van der Waals surface area contributed by atoms with Gasteiger partial charge < -0.3 is 14.8 Å². The molecule has 0 unspecified atom stereocenters. The van der Waals surface area contributed by atoms with E-state index in [1.54, 1.807) is 17.4 Å². The number of hydrogen-bond donors (Lipinski definition) is 2. The van der Waals surface area contributed by atoms with Crippen molar-refractivity contribution in [2.24, 2.45) is 5.92 Å². The molecular formula is C43H50FN5O2S. The molecule has 0 spiro atoms. The highest BCUT2D eigenvalue weighted by atomic mass is 32.1. The zero-order valence-electron chi connectivity index (χ0n) is 29.9. The van der Waals surface area contributed by atoms with Crippen LogP contribution in [-0.4, -0.2) is 60.8 Å². The normalized spacial score (nSPS) is 16.2. The van der Waals surface area contributed by atoms with Crippen molar-refractivity contribution in [3.05, 3.63) is 113 Å². The SMILES string of the molecule is Fc1cc(NCOCNC2CN(COCCc3ccccc3)C2)ccc1/C=C\c1ccnc2cc(-c3ccc(CC4CCCCCCC4)cn3)sc12. The molecule has 5 aromatic rings. The number of rotatable bonds is 16. The number of aromatic nitrogens is 2. The molecule has 4 heterocycles. The summed E-state index contributed by atoms with van der Waals surface area (Å²) in [6.45, 7) is 3.96. The van der Waals surface area contributed by atoms with Crippen LogP contribution in [0.1, 0.15) is 67.2 Å². The lowest BCUT2D eigenvalue weighted by molar-refractivity contribution is -0.0254. The van der Waals surface area contributed by atoms with Gasteiger partial charge in [-0.25, -0.2) is 4.39 Å². The molecule has 7 rings (SSSR count). The Morgan fingerprint density at radius 3 is 2.46 bits per heavy atom. The number of benzene rings is 2. The molecule has 3 aromatic heterocycles. The number of ether oxygens (including phenoxy) is 2. The van der Waals surface area contributed by atoms with Gasteiger partial charge in [0.25, 0.3) is 0 Å². The first-order valence-electron chi connectivity index (χ1n) is 18.9. The fourth-order valence-corrected chi connectivity index (χ4v) is 8.22. The topological polar surface area (TPSA) is 71.5 Å². The largest absolute Gasteiger partial charge is 0.366 e. The van der Waals surface area contributed by atoms with Gasteiger partial charge in [0.15, 0.2) is 0 Å². The first-order chi connectivity index (χ1) is 25.7. The van der Waals surface area contributed by atoms with Crippen molar-refractivity contribution in [3.8, 4) is 10.6 Å². The third-order valence-corrected chi connectivity index (χ3v) is 11.4. The van der Waals surface area contributed by atoms with E-state index in [1.807, 2.05) is 36.5 Å². The number of nitrogens with one attached hydrogen (secondary N) is 2. The van der Waals surface area contributed by atoms with Crippen LogP contribution in [0.2, 0.25) is 0 Å². The van der Waals surface area contributed by atoms with E-state index in [9.17, 15) is 0 Å². The molecule has 1 aliphatic carbocycles. The first kappa shape index (κ1) is 36.4. The average Bonchev–Trinajstić information content (AvgIpc) is 3.58. The number of pyridine rings is 2. The summed E-state index contributed by atoms with van der Waals surface area (Å²) in [4.78, 5) is 12.8. The van der Waals surface area contributed by atoms with E-state index in [1.165, 1.54) is 62.1 Å². The first-order valence-corrected chi connectivity index (χ1v) is 19.7. The van der Waals surface area contributed by atoms with E-state index < -0.39 is 0 Å². The van der Waals surface area contributed by atoms with Crippen molar-refractivity contribution < 1.29 is 13.9 Å². The second kappa shape index (κ2) is 18.7. The number of anilines is 1. The molecule has 1 saturated heterocycles. The predicted molar refractivity (Wildman–Crippen MR) is 212 cm³/mol. The Hall–Kier alpha value is -3.99. The van der Waals surface area contributed by atoms with Crippen LogP contribution in [0.15, 0.2) is 85.2 Å². The summed E-state index contributed by atoms with van der Waals surface area (Å²) >= 11 is 1.68. The molecule has 0 atom stereocenters. The molecule has 1 saturated carbocycles. The third-order valence-electron chi connectivity index (χ3n) is 10.2. The molecule has 2 fully saturated rings. The van der Waals surface area contributed by atoms with Gasteiger partial charge in [0, 0.05) is 42.8 Å². The molecule has 1 aliphatic heterocycles. The summed E-state index contributed by atoms with van der Waals surface area (Å²) < 4.78 is 27.7. The minimum Gasteiger partial charge on any atom is -0.366 e. The number of hydrogen-bond acceptors (Lipinski definition) is 8. The molecule has 272 valence electrons. The Balaban J connectivity index is 0.837. The Morgan fingerprint density at radius 1 is 0.827 bits per heavy atom. The van der Waals surface area contributed by atoms with Crippen LogP contribution in [0, 0.1) is 11.7 Å². The Bertz CT molecular complexity index is 1870. The zero-order chi connectivity index (χ0) is 35.4. The lowest BCUT2D eigenvalue weighted by Gasteiger charge is -2.39. The van der Waals surface area contributed by atoms with Crippen molar-refractivity contribution in [3.63, 3.8) is 0 Å². The van der Waals surface area contributed by atoms with E-state index in [0.717, 1.165) is 64.8 Å². The Morgan fingerprint density at radius 2 is 1.65 bits per heavy atom. The molecule has 2 aliphatic rings. The quantitative estimate of drug-likeness (QED) is 0.0778. The maximum absolute atomic E-state index is 15.1. The fraction of sp³-hybridized carbons (Fsp3) is 0.395. The molecule has 2 aromatic carbocycles. The van der Waals surface area contributed by atoms with Gasteiger partial charge in [0.2, 0.25) is 0 Å². The molecule has 52 heavy (non-hydrogen) atoms. The summed E-state index contributed by atoms with van der Waals surface area (Å²) in [5.74, 6) is 0.488. The maximum atomic E-state index is 15.1. The predicted octanol–water partition coefficient (Wildman–Crippen LogP) is 9.40. The van der Waals surface area contributed by atoms with Gasteiger partial charge in [-0.05, 0) is 71.8 Å². The molecule has 7 nitrogen and oxygen atoms in total. The number of fused-ring (bicyclic) bond motifs is 1. The summed E-state index contributed by atoms with van der Waals surface area (Å²) in [5, 5.41) is 6.55. The van der Waals surface area contributed by atoms with E-state index in [2.05, 4.69) is 69.2 Å². The van der Waals surface area contributed by atoms with Crippen LogP contribution >= 0.6 is 11.3 Å². The van der Waals surface area contributed by atoms with Crippen LogP contribution in [-0.2, 0) is 22.3 Å². The second-order valence-corrected chi connectivity index (χ2v) is 15.2. The second-order valence-electron chi connectivity index (χ2n) is 14.1. The summed E-state index contributed by atoms with van der Waals surface area (Å²) in [7, 11) is 0. The van der Waals surface area contributed by atoms with Crippen molar-refractivity contribution >= 4 is 39.4 Å². The van der Waals surface area contributed by atoms with Crippen molar-refractivity contribution in [2.75, 3.05) is 45.2 Å². The van der Waals surface area contributed by atoms with Crippen LogP contribution in [0.3, 0.4) is 0 Å². The Labute approximate surface area is 311 Å². The molecule has 9 heteroatoms. The summed E-state index contributed by atoms with van der Waals surface area (Å²) in [6, 6.07) is 24.5. The number of likely N-dealkylation sites (tertiary alicyclic amines) is 1. The van der Waals surface area contributed by atoms with Crippen LogP contribution < -0.4 is 10.6 Å². The average molecular weight is 720 g/mol. The van der Waals surface area contributed by atoms with E-state index in [0.29, 0.717) is 30.8 Å². The molecule has 2 N–H and O–H groups in total. The standard InChI is InChI=1S/C43H50FN5O2S/c44-39-24-37(47-29-51-30-48-38-27-49(28-38)31-50-22-20-32-9-7-4-8-10-32)17-16-35(39)14-15-36-19-21-45-41-25-42(52-43(36)41)40-18-13-34(26-46-40)23-33-11-5-2-1-3-6-12-33/h4,7-10,13-19,21,24-26,33,38,47-48H,1-3,5-6,11-12,20,22-23,27-31H2/b15-14-. The number of nitrogens with zero attached hydrogens (tertiary/aromatic N) is 3. The van der Waals surface area contributed by atoms with E-state index in [4.69, 9.17) is 14.5 Å². The zero-order valence-corrected chi connectivity index (χ0v) is 30.8. The highest BCUT2D eigenvalue weighted by molar-refractivity contribution is 7.22. The van der Waals surface area contributed by atoms with E-state index >= 15 is 4.39 Å². The van der Waals surface area contributed by atoms with Crippen molar-refractivity contribution in [1.29, 1.82) is 0 Å². The van der Waals surface area contributed by atoms with Crippen LogP contribution in [0.25, 0.3) is 32.9 Å². The fourth-order valence-electron chi connectivity index (χ4n) is 7.13. The van der Waals surface area contributed by atoms with Gasteiger partial charge in [0.1, 0.15) is 12.5 Å². The summed E-state index contributed by atoms with van der Waals surface area (Å²) in [5.41, 5.74) is 6.73. The number of halogens is 1. The van der Waals surface area contributed by atoms with Crippen LogP contribution in [0.5, 0.6) is 0 Å². The minimum absolute atomic E-state index is 0.286. The highest BCUT2D eigenvalue weighted by Gasteiger charge is 2.25. The monoisotopic (exact) mass is 719 g/mol. The smallest absolute Gasteiger partial charge is 0.132 e. The molecule has 0 radical (unpaired) electrons. The maximum Gasteiger partial charge on any atom is 0.132 e.